The lowest BCUT2D eigenvalue weighted by molar-refractivity contribution is 0.00238. The molecule has 1 rings (SSSR count). The first-order chi connectivity index (χ1) is 8.20. The van der Waals surface area contributed by atoms with Crippen molar-refractivity contribution in [1.29, 1.82) is 0 Å². The topological polar surface area (TPSA) is 44.5 Å². The Morgan fingerprint density at radius 3 is 2.59 bits per heavy atom. The number of benzene rings is 1. The molecule has 17 heavy (non-hydrogen) atoms. The van der Waals surface area contributed by atoms with E-state index in [1.807, 2.05) is 24.3 Å². The molecule has 0 amide bonds. The van der Waals surface area contributed by atoms with Crippen LogP contribution in [0.15, 0.2) is 28.7 Å². The summed E-state index contributed by atoms with van der Waals surface area (Å²) >= 11 is 3.54. The molecule has 2 atom stereocenters. The zero-order valence-electron chi connectivity index (χ0n) is 10.4. The quantitative estimate of drug-likeness (QED) is 0.788. The summed E-state index contributed by atoms with van der Waals surface area (Å²) in [5.41, 5.74) is 7.21. The van der Waals surface area contributed by atoms with Gasteiger partial charge >= 0.3 is 0 Å². The molecule has 0 saturated carbocycles. The highest BCUT2D eigenvalue weighted by Gasteiger charge is 2.21. The smallest absolute Gasteiger partial charge is 0.0987 e. The molecule has 2 unspecified atom stereocenters. The minimum Gasteiger partial charge on any atom is -0.382 e. The van der Waals surface area contributed by atoms with Gasteiger partial charge < -0.3 is 15.2 Å². The van der Waals surface area contributed by atoms with Crippen LogP contribution >= 0.6 is 15.9 Å². The first kappa shape index (κ1) is 14.6. The fourth-order valence-corrected chi connectivity index (χ4v) is 2.13. The summed E-state index contributed by atoms with van der Waals surface area (Å²) in [4.78, 5) is 0. The van der Waals surface area contributed by atoms with Crippen molar-refractivity contribution >= 4 is 15.9 Å². The summed E-state index contributed by atoms with van der Waals surface area (Å²) in [7, 11) is 1.66. The van der Waals surface area contributed by atoms with E-state index in [2.05, 4.69) is 22.9 Å². The lowest BCUT2D eigenvalue weighted by atomic mass is 10.0. The highest BCUT2D eigenvalue weighted by molar-refractivity contribution is 9.10. The standard InChI is InChI=1S/C13H20BrNO2/c1-3-12(15)13(17-9-8-16-2)10-6-4-5-7-11(10)14/h4-7,12-13H,3,8-9,15H2,1-2H3. The molecule has 0 aliphatic heterocycles. The summed E-state index contributed by atoms with van der Waals surface area (Å²) < 4.78 is 11.8. The van der Waals surface area contributed by atoms with Crippen molar-refractivity contribution in [2.45, 2.75) is 25.5 Å². The third-order valence-electron chi connectivity index (χ3n) is 2.66. The van der Waals surface area contributed by atoms with Crippen LogP contribution in [0.4, 0.5) is 0 Å². The average Bonchev–Trinajstić information content (AvgIpc) is 2.35. The Morgan fingerprint density at radius 1 is 1.29 bits per heavy atom. The summed E-state index contributed by atoms with van der Waals surface area (Å²) in [6.07, 6.45) is 0.782. The van der Waals surface area contributed by atoms with Gasteiger partial charge in [-0.2, -0.15) is 0 Å². The average molecular weight is 302 g/mol. The van der Waals surface area contributed by atoms with Crippen molar-refractivity contribution in [2.75, 3.05) is 20.3 Å². The van der Waals surface area contributed by atoms with E-state index in [-0.39, 0.29) is 12.1 Å². The maximum Gasteiger partial charge on any atom is 0.0987 e. The van der Waals surface area contributed by atoms with Crippen LogP contribution in [-0.2, 0) is 9.47 Å². The Balaban J connectivity index is 2.79. The van der Waals surface area contributed by atoms with Gasteiger partial charge in [-0.05, 0) is 18.1 Å². The van der Waals surface area contributed by atoms with Gasteiger partial charge in [0.05, 0.1) is 19.3 Å². The Kier molecular flexibility index (Phi) is 6.73. The van der Waals surface area contributed by atoms with Gasteiger partial charge in [0.2, 0.25) is 0 Å². The largest absolute Gasteiger partial charge is 0.382 e. The molecule has 3 nitrogen and oxygen atoms in total. The predicted molar refractivity (Wildman–Crippen MR) is 73.0 cm³/mol. The van der Waals surface area contributed by atoms with E-state index in [1.54, 1.807) is 7.11 Å². The van der Waals surface area contributed by atoms with Crippen LogP contribution in [0.1, 0.15) is 25.0 Å². The van der Waals surface area contributed by atoms with Crippen LogP contribution in [0, 0.1) is 0 Å². The van der Waals surface area contributed by atoms with Gasteiger partial charge in [-0.3, -0.25) is 0 Å². The van der Waals surface area contributed by atoms with Crippen LogP contribution in [0.3, 0.4) is 0 Å². The Morgan fingerprint density at radius 2 is 2.00 bits per heavy atom. The van der Waals surface area contributed by atoms with Crippen LogP contribution in [-0.4, -0.2) is 26.4 Å². The van der Waals surface area contributed by atoms with Gasteiger partial charge in [0.15, 0.2) is 0 Å². The normalized spacial score (nSPS) is 14.6. The number of hydrogen-bond acceptors (Lipinski definition) is 3. The first-order valence-corrected chi connectivity index (χ1v) is 6.60. The molecule has 0 heterocycles. The number of ether oxygens (including phenoxy) is 2. The van der Waals surface area contributed by atoms with Gasteiger partial charge in [0.1, 0.15) is 0 Å². The number of nitrogens with two attached hydrogens (primary N) is 1. The minimum atomic E-state index is -0.0919. The van der Waals surface area contributed by atoms with Gasteiger partial charge in [0, 0.05) is 17.6 Å². The summed E-state index contributed by atoms with van der Waals surface area (Å²) in [6.45, 7) is 3.20. The Labute approximate surface area is 111 Å². The van der Waals surface area contributed by atoms with E-state index in [9.17, 15) is 0 Å². The van der Waals surface area contributed by atoms with Crippen LogP contribution in [0.2, 0.25) is 0 Å². The monoisotopic (exact) mass is 301 g/mol. The van der Waals surface area contributed by atoms with Crippen molar-refractivity contribution in [3.8, 4) is 0 Å². The van der Waals surface area contributed by atoms with Crippen molar-refractivity contribution < 1.29 is 9.47 Å². The molecule has 2 N–H and O–H groups in total. The molecule has 96 valence electrons. The summed E-state index contributed by atoms with van der Waals surface area (Å²) in [5.74, 6) is 0. The lowest BCUT2D eigenvalue weighted by Gasteiger charge is -2.24. The highest BCUT2D eigenvalue weighted by atomic mass is 79.9. The molecule has 0 aliphatic carbocycles. The van der Waals surface area contributed by atoms with Crippen molar-refractivity contribution in [1.82, 2.24) is 0 Å². The molecule has 0 saturated heterocycles. The molecule has 0 aliphatic rings. The molecule has 0 spiro atoms. The zero-order chi connectivity index (χ0) is 12.7. The molecule has 4 heteroatoms. The third-order valence-corrected chi connectivity index (χ3v) is 3.38. The number of halogens is 1. The van der Waals surface area contributed by atoms with Crippen molar-refractivity contribution in [3.05, 3.63) is 34.3 Å². The molecule has 0 aromatic heterocycles. The second-order valence-electron chi connectivity index (χ2n) is 3.88. The van der Waals surface area contributed by atoms with Crippen LogP contribution in [0.25, 0.3) is 0 Å². The summed E-state index contributed by atoms with van der Waals surface area (Å²) in [6, 6.07) is 8.01. The van der Waals surface area contributed by atoms with E-state index < -0.39 is 0 Å². The number of methoxy groups -OCH3 is 1. The predicted octanol–water partition coefficient (Wildman–Crippen LogP) is 2.89. The van der Waals surface area contributed by atoms with Gasteiger partial charge in [-0.15, -0.1) is 0 Å². The SMILES string of the molecule is CCC(N)C(OCCOC)c1ccccc1Br. The van der Waals surface area contributed by atoms with Crippen molar-refractivity contribution in [3.63, 3.8) is 0 Å². The van der Waals surface area contributed by atoms with Crippen molar-refractivity contribution in [2.24, 2.45) is 5.73 Å². The van der Waals surface area contributed by atoms with E-state index in [1.165, 1.54) is 0 Å². The maximum absolute atomic E-state index is 6.11. The maximum atomic E-state index is 6.11. The van der Waals surface area contributed by atoms with Crippen LogP contribution < -0.4 is 5.73 Å². The zero-order valence-corrected chi connectivity index (χ0v) is 11.9. The fraction of sp³-hybridized carbons (Fsp3) is 0.538. The first-order valence-electron chi connectivity index (χ1n) is 5.81. The molecular weight excluding hydrogens is 282 g/mol. The van der Waals surface area contributed by atoms with Gasteiger partial charge in [0.25, 0.3) is 0 Å². The Hall–Kier alpha value is -0.420. The van der Waals surface area contributed by atoms with Gasteiger partial charge in [-0.25, -0.2) is 0 Å². The Bertz CT molecular complexity index is 333. The lowest BCUT2D eigenvalue weighted by Crippen LogP contribution is -2.30. The molecule has 0 radical (unpaired) electrons. The molecule has 1 aromatic carbocycles. The van der Waals surface area contributed by atoms with E-state index in [0.29, 0.717) is 13.2 Å². The fourth-order valence-electron chi connectivity index (χ4n) is 1.62. The van der Waals surface area contributed by atoms with E-state index in [0.717, 1.165) is 16.5 Å². The molecule has 1 aromatic rings. The minimum absolute atomic E-state index is 0.00874. The molecule has 0 fully saturated rings. The van der Waals surface area contributed by atoms with Crippen LogP contribution in [0.5, 0.6) is 0 Å². The highest BCUT2D eigenvalue weighted by Crippen LogP contribution is 2.28. The second-order valence-corrected chi connectivity index (χ2v) is 4.73. The second kappa shape index (κ2) is 7.82. The van der Waals surface area contributed by atoms with E-state index >= 15 is 0 Å². The number of rotatable bonds is 7. The third kappa shape index (κ3) is 4.39. The number of hydrogen-bond donors (Lipinski definition) is 1. The van der Waals surface area contributed by atoms with Gasteiger partial charge in [-0.1, -0.05) is 41.1 Å². The summed E-state index contributed by atoms with van der Waals surface area (Å²) in [5, 5.41) is 0. The molecular formula is C13H20BrNO2. The molecule has 0 bridgehead atoms. The van der Waals surface area contributed by atoms with E-state index in [4.69, 9.17) is 15.2 Å².